The van der Waals surface area contributed by atoms with Crippen molar-refractivity contribution in [2.24, 2.45) is 5.92 Å². The average molecular weight is 421 g/mol. The third-order valence-electron chi connectivity index (χ3n) is 4.31. The lowest BCUT2D eigenvalue weighted by Crippen LogP contribution is -2.25. The number of anilines is 1. The van der Waals surface area contributed by atoms with Gasteiger partial charge in [-0.1, -0.05) is 16.5 Å². The number of aliphatic carboxylic acids is 1. The number of fused-ring (bicyclic) bond motifs is 1. The molecular weight excluding hydrogens is 403 g/mol. The Balaban J connectivity index is 0.000000279. The maximum absolute atomic E-state index is 10.6. The van der Waals surface area contributed by atoms with Crippen LogP contribution in [0, 0.1) is 19.8 Å². The Kier molecular flexibility index (Phi) is 5.84. The molecule has 4 rings (SSSR count). The van der Waals surface area contributed by atoms with E-state index in [1.54, 1.807) is 11.3 Å². The number of carboxylic acid groups (broad SMARTS) is 1. The number of carbonyl (C=O) groups is 1. The molecule has 154 valence electrons. The molecule has 0 aliphatic carbocycles. The molecule has 0 saturated carbocycles. The maximum Gasteiger partial charge on any atom is 0.490 e. The number of hydrogen-bond donors (Lipinski definition) is 1. The first kappa shape index (κ1) is 20.5. The average Bonchev–Trinajstić information content (AvgIpc) is 3.32. The van der Waals surface area contributed by atoms with Crippen LogP contribution in [0.15, 0.2) is 4.52 Å². The first-order valence-electron chi connectivity index (χ1n) is 8.41. The highest BCUT2D eigenvalue weighted by molar-refractivity contribution is 7.15. The van der Waals surface area contributed by atoms with E-state index >= 15 is 0 Å². The van der Waals surface area contributed by atoms with Gasteiger partial charge >= 0.3 is 12.1 Å². The number of rotatable bonds is 3. The largest absolute Gasteiger partial charge is 0.490 e. The number of ether oxygens (including phenoxy) is 1. The van der Waals surface area contributed by atoms with Crippen molar-refractivity contribution in [2.75, 3.05) is 18.0 Å². The standard InChI is InChI=1S/C13H17N5O2S.C2HF3O2/c1-7-14-12(20-17-7)4-10-3-9-5-18(6-11(9)19-10)13-16-15-8(2)21-13;3-2(4,5)1(6)7/h9-11H,3-6H2,1-2H3;(H,6,7)/t9-,10+,11+;/m0./s1. The fourth-order valence-electron chi connectivity index (χ4n) is 3.18. The van der Waals surface area contributed by atoms with Crippen LogP contribution in [0.1, 0.15) is 23.1 Å². The van der Waals surface area contributed by atoms with Gasteiger partial charge in [0.2, 0.25) is 11.0 Å². The van der Waals surface area contributed by atoms with E-state index < -0.39 is 12.1 Å². The first-order valence-corrected chi connectivity index (χ1v) is 9.23. The molecule has 0 amide bonds. The minimum atomic E-state index is -5.08. The van der Waals surface area contributed by atoms with E-state index in [2.05, 4.69) is 25.2 Å². The number of nitrogens with zero attached hydrogens (tertiary/aromatic N) is 5. The van der Waals surface area contributed by atoms with Crippen molar-refractivity contribution in [3.05, 3.63) is 16.7 Å². The van der Waals surface area contributed by atoms with Gasteiger partial charge in [-0.05, 0) is 20.3 Å². The zero-order valence-corrected chi connectivity index (χ0v) is 15.8. The van der Waals surface area contributed by atoms with Gasteiger partial charge in [0, 0.05) is 19.0 Å². The molecule has 0 spiro atoms. The van der Waals surface area contributed by atoms with Gasteiger partial charge in [0.15, 0.2) is 5.82 Å². The summed E-state index contributed by atoms with van der Waals surface area (Å²) in [5, 5.41) is 21.3. The van der Waals surface area contributed by atoms with Crippen molar-refractivity contribution in [3.8, 4) is 0 Å². The minimum absolute atomic E-state index is 0.193. The number of aromatic nitrogens is 4. The Hall–Kier alpha value is -2.28. The van der Waals surface area contributed by atoms with Crippen molar-refractivity contribution >= 4 is 22.4 Å². The fraction of sp³-hybridized carbons (Fsp3) is 0.667. The monoisotopic (exact) mass is 421 g/mol. The zero-order valence-electron chi connectivity index (χ0n) is 15.0. The quantitative estimate of drug-likeness (QED) is 0.795. The van der Waals surface area contributed by atoms with E-state index in [1.165, 1.54) is 0 Å². The van der Waals surface area contributed by atoms with Crippen LogP contribution in [0.2, 0.25) is 0 Å². The van der Waals surface area contributed by atoms with Crippen LogP contribution in [0.25, 0.3) is 0 Å². The van der Waals surface area contributed by atoms with Gasteiger partial charge in [0.25, 0.3) is 0 Å². The van der Waals surface area contributed by atoms with Crippen LogP contribution in [0.5, 0.6) is 0 Å². The topological polar surface area (TPSA) is 114 Å². The molecule has 0 radical (unpaired) electrons. The first-order chi connectivity index (χ1) is 13.1. The molecule has 2 fully saturated rings. The normalized spacial score (nSPS) is 24.0. The van der Waals surface area contributed by atoms with Crippen LogP contribution >= 0.6 is 11.3 Å². The summed E-state index contributed by atoms with van der Waals surface area (Å²) in [5.41, 5.74) is 0. The van der Waals surface area contributed by atoms with E-state index in [9.17, 15) is 13.2 Å². The summed E-state index contributed by atoms with van der Waals surface area (Å²) >= 11 is 1.64. The molecule has 2 aromatic heterocycles. The molecule has 3 atom stereocenters. The molecule has 9 nitrogen and oxygen atoms in total. The minimum Gasteiger partial charge on any atom is -0.475 e. The summed E-state index contributed by atoms with van der Waals surface area (Å²) < 4.78 is 43.1. The molecule has 4 heterocycles. The van der Waals surface area contributed by atoms with Crippen LogP contribution < -0.4 is 4.90 Å². The summed E-state index contributed by atoms with van der Waals surface area (Å²) in [5.74, 6) is -0.842. The highest BCUT2D eigenvalue weighted by atomic mass is 32.1. The number of aryl methyl sites for hydroxylation is 2. The summed E-state index contributed by atoms with van der Waals surface area (Å²) in [6.45, 7) is 5.72. The molecule has 2 aliphatic heterocycles. The molecule has 1 N–H and O–H groups in total. The summed E-state index contributed by atoms with van der Waals surface area (Å²) in [4.78, 5) is 15.4. The molecule has 2 aliphatic rings. The predicted molar refractivity (Wildman–Crippen MR) is 90.1 cm³/mol. The smallest absolute Gasteiger partial charge is 0.475 e. The van der Waals surface area contributed by atoms with E-state index in [4.69, 9.17) is 19.2 Å². The highest BCUT2D eigenvalue weighted by Gasteiger charge is 2.43. The van der Waals surface area contributed by atoms with Gasteiger partial charge in [-0.25, -0.2) is 4.79 Å². The van der Waals surface area contributed by atoms with Crippen LogP contribution in [0.3, 0.4) is 0 Å². The Bertz CT molecular complexity index is 813. The van der Waals surface area contributed by atoms with Crippen molar-refractivity contribution in [1.29, 1.82) is 0 Å². The number of hydrogen-bond acceptors (Lipinski definition) is 9. The summed E-state index contributed by atoms with van der Waals surface area (Å²) in [7, 11) is 0. The Morgan fingerprint density at radius 3 is 2.54 bits per heavy atom. The van der Waals surface area contributed by atoms with Crippen molar-refractivity contribution < 1.29 is 32.3 Å². The van der Waals surface area contributed by atoms with Gasteiger partial charge in [-0.2, -0.15) is 18.2 Å². The lowest BCUT2D eigenvalue weighted by Gasteiger charge is -2.17. The second-order valence-electron chi connectivity index (χ2n) is 6.54. The molecular formula is C15H18F3N5O4S. The Morgan fingerprint density at radius 2 is 2.04 bits per heavy atom. The summed E-state index contributed by atoms with van der Waals surface area (Å²) in [6, 6.07) is 0. The molecule has 28 heavy (non-hydrogen) atoms. The number of alkyl halides is 3. The molecule has 0 unspecified atom stereocenters. The van der Waals surface area contributed by atoms with Crippen molar-refractivity contribution in [2.45, 2.75) is 45.1 Å². The Morgan fingerprint density at radius 1 is 1.32 bits per heavy atom. The predicted octanol–water partition coefficient (Wildman–Crippen LogP) is 2.01. The van der Waals surface area contributed by atoms with Gasteiger partial charge in [-0.3, -0.25) is 0 Å². The van der Waals surface area contributed by atoms with E-state index in [0.717, 1.165) is 29.6 Å². The second-order valence-corrected chi connectivity index (χ2v) is 7.70. The van der Waals surface area contributed by atoms with Gasteiger partial charge in [-0.15, -0.1) is 10.2 Å². The number of halogens is 3. The zero-order chi connectivity index (χ0) is 20.5. The van der Waals surface area contributed by atoms with Gasteiger partial charge in [0.05, 0.1) is 18.6 Å². The molecule has 2 aromatic rings. The summed E-state index contributed by atoms with van der Waals surface area (Å²) in [6.07, 6.45) is -2.85. The van der Waals surface area contributed by atoms with Crippen molar-refractivity contribution in [3.63, 3.8) is 0 Å². The molecule has 0 aromatic carbocycles. The van der Waals surface area contributed by atoms with E-state index in [0.29, 0.717) is 24.1 Å². The Labute approximate surface area is 161 Å². The van der Waals surface area contributed by atoms with Gasteiger partial charge in [0.1, 0.15) is 5.01 Å². The van der Waals surface area contributed by atoms with Crippen LogP contribution in [0.4, 0.5) is 18.3 Å². The lowest BCUT2D eigenvalue weighted by molar-refractivity contribution is -0.192. The maximum atomic E-state index is 10.6. The van der Waals surface area contributed by atoms with Crippen LogP contribution in [-0.2, 0) is 16.0 Å². The molecule has 13 heteroatoms. The fourth-order valence-corrected chi connectivity index (χ4v) is 3.89. The molecule has 2 saturated heterocycles. The highest BCUT2D eigenvalue weighted by Crippen LogP contribution is 2.36. The second kappa shape index (κ2) is 7.99. The van der Waals surface area contributed by atoms with E-state index in [1.807, 2.05) is 13.8 Å². The van der Waals surface area contributed by atoms with E-state index in [-0.39, 0.29) is 12.2 Å². The third kappa shape index (κ3) is 4.95. The molecule has 0 bridgehead atoms. The van der Waals surface area contributed by atoms with Crippen molar-refractivity contribution in [1.82, 2.24) is 20.3 Å². The van der Waals surface area contributed by atoms with Gasteiger partial charge < -0.3 is 19.3 Å². The third-order valence-corrected chi connectivity index (χ3v) is 5.21. The number of carboxylic acids is 1. The SMILES string of the molecule is Cc1noc(C[C@H]2C[C@H]3CN(c4nnc(C)s4)C[C@H]3O2)n1.O=C(O)C(F)(F)F. The van der Waals surface area contributed by atoms with Crippen LogP contribution in [-0.4, -0.2) is 62.9 Å². The lowest BCUT2D eigenvalue weighted by atomic mass is 10.0.